The first-order chi connectivity index (χ1) is 17.1. The lowest BCUT2D eigenvalue weighted by atomic mass is 9.88. The van der Waals surface area contributed by atoms with Crippen molar-refractivity contribution in [3.05, 3.63) is 75.3 Å². The number of hydrogen-bond donors (Lipinski definition) is 0. The molecule has 3 aromatic rings. The smallest absolute Gasteiger partial charge is 0.416 e. The minimum atomic E-state index is -4.40. The summed E-state index contributed by atoms with van der Waals surface area (Å²) in [6, 6.07) is 10.6. The van der Waals surface area contributed by atoms with Crippen LogP contribution in [0.4, 0.5) is 13.2 Å². The van der Waals surface area contributed by atoms with Crippen LogP contribution in [0, 0.1) is 13.8 Å². The van der Waals surface area contributed by atoms with Crippen LogP contribution in [-0.2, 0) is 10.9 Å². The fraction of sp³-hybridized carbons (Fsp3) is 0.370. The molecule has 1 aliphatic rings. The third-order valence-electron chi connectivity index (χ3n) is 6.39. The molecule has 9 heteroatoms. The Labute approximate surface area is 211 Å². The number of rotatable bonds is 5. The molecule has 0 saturated carbocycles. The van der Waals surface area contributed by atoms with Crippen LogP contribution in [0.5, 0.6) is 0 Å². The van der Waals surface area contributed by atoms with Crippen molar-refractivity contribution < 1.29 is 27.5 Å². The van der Waals surface area contributed by atoms with Gasteiger partial charge in [-0.25, -0.2) is 9.78 Å². The van der Waals surface area contributed by atoms with Crippen molar-refractivity contribution in [2.24, 2.45) is 0 Å². The van der Waals surface area contributed by atoms with Gasteiger partial charge in [-0.3, -0.25) is 4.79 Å². The van der Waals surface area contributed by atoms with E-state index in [1.54, 1.807) is 18.7 Å². The van der Waals surface area contributed by atoms with E-state index >= 15 is 0 Å². The first-order valence-electron chi connectivity index (χ1n) is 11.8. The zero-order chi connectivity index (χ0) is 26.0. The van der Waals surface area contributed by atoms with Gasteiger partial charge in [0.2, 0.25) is 0 Å². The van der Waals surface area contributed by atoms with Gasteiger partial charge in [0.05, 0.1) is 23.4 Å². The molecule has 0 radical (unpaired) electrons. The number of piperidine rings is 1. The van der Waals surface area contributed by atoms with E-state index < -0.39 is 11.7 Å². The lowest BCUT2D eigenvalue weighted by Gasteiger charge is -2.33. The zero-order valence-corrected chi connectivity index (χ0v) is 21.1. The van der Waals surface area contributed by atoms with Crippen LogP contribution in [0.1, 0.15) is 68.1 Å². The van der Waals surface area contributed by atoms with Crippen molar-refractivity contribution >= 4 is 23.2 Å². The summed E-state index contributed by atoms with van der Waals surface area (Å²) < 4.78 is 43.8. The van der Waals surface area contributed by atoms with Crippen molar-refractivity contribution in [1.29, 1.82) is 0 Å². The van der Waals surface area contributed by atoms with Crippen LogP contribution in [0.25, 0.3) is 10.6 Å². The third-order valence-corrected chi connectivity index (χ3v) is 7.58. The average molecular weight is 517 g/mol. The number of benzene rings is 2. The lowest BCUT2D eigenvalue weighted by Crippen LogP contribution is -2.39. The van der Waals surface area contributed by atoms with Crippen molar-refractivity contribution in [2.75, 3.05) is 19.7 Å². The van der Waals surface area contributed by atoms with Crippen LogP contribution in [-0.4, -0.2) is 41.5 Å². The highest BCUT2D eigenvalue weighted by Crippen LogP contribution is 2.35. The summed E-state index contributed by atoms with van der Waals surface area (Å²) in [6.07, 6.45) is -2.69. The van der Waals surface area contributed by atoms with Crippen molar-refractivity contribution in [2.45, 2.75) is 45.7 Å². The standard InChI is InChI=1S/C27H27F3N2O3S/c1-4-35-26(34)22-14-19(8-7-16(22)2)20-6-5-13-32(15-20)25(33)23-17(3)31-24(36-23)18-9-11-21(12-10-18)27(28,29)30/h7-12,14,20H,4-6,13,15H2,1-3H3. The van der Waals surface area contributed by atoms with Gasteiger partial charge in [0.15, 0.2) is 0 Å². The molecular weight excluding hydrogens is 489 g/mol. The predicted molar refractivity (Wildman–Crippen MR) is 132 cm³/mol. The number of nitrogens with zero attached hydrogens (tertiary/aromatic N) is 2. The van der Waals surface area contributed by atoms with E-state index in [0.29, 0.717) is 46.4 Å². The number of aromatic nitrogens is 1. The number of alkyl halides is 3. The first kappa shape index (κ1) is 25.9. The summed E-state index contributed by atoms with van der Waals surface area (Å²) in [5.74, 6) is -0.402. The summed E-state index contributed by atoms with van der Waals surface area (Å²) in [5, 5.41) is 0.510. The number of carbonyl (C=O) groups excluding carboxylic acids is 2. The number of ether oxygens (including phenoxy) is 1. The third kappa shape index (κ3) is 5.46. The maximum atomic E-state index is 13.4. The molecule has 0 bridgehead atoms. The molecule has 190 valence electrons. The van der Waals surface area contributed by atoms with Crippen LogP contribution in [0.2, 0.25) is 0 Å². The van der Waals surface area contributed by atoms with E-state index in [1.807, 2.05) is 25.1 Å². The second-order valence-electron chi connectivity index (χ2n) is 8.89. The largest absolute Gasteiger partial charge is 0.462 e. The van der Waals surface area contributed by atoms with Gasteiger partial charge in [-0.05, 0) is 62.9 Å². The normalized spacial score (nSPS) is 16.2. The van der Waals surface area contributed by atoms with E-state index in [1.165, 1.54) is 23.5 Å². The molecule has 2 aromatic carbocycles. The SMILES string of the molecule is CCOC(=O)c1cc(C2CCCN(C(=O)c3sc(-c4ccc(C(F)(F)F)cc4)nc3C)C2)ccc1C. The second kappa shape index (κ2) is 10.4. The summed E-state index contributed by atoms with van der Waals surface area (Å²) in [5.41, 5.74) is 2.75. The molecule has 1 fully saturated rings. The van der Waals surface area contributed by atoms with Gasteiger partial charge in [-0.2, -0.15) is 13.2 Å². The molecule has 0 spiro atoms. The average Bonchev–Trinajstić information content (AvgIpc) is 3.25. The Morgan fingerprint density at radius 1 is 1.14 bits per heavy atom. The molecule has 4 rings (SSSR count). The highest BCUT2D eigenvalue weighted by Gasteiger charge is 2.31. The maximum Gasteiger partial charge on any atom is 0.416 e. The minimum absolute atomic E-state index is 0.0825. The molecule has 36 heavy (non-hydrogen) atoms. The van der Waals surface area contributed by atoms with Crippen molar-refractivity contribution in [3.8, 4) is 10.6 Å². The monoisotopic (exact) mass is 516 g/mol. The Morgan fingerprint density at radius 3 is 2.53 bits per heavy atom. The van der Waals surface area contributed by atoms with E-state index in [2.05, 4.69) is 4.98 Å². The minimum Gasteiger partial charge on any atom is -0.462 e. The fourth-order valence-electron chi connectivity index (χ4n) is 4.42. The Bertz CT molecular complexity index is 1270. The van der Waals surface area contributed by atoms with Gasteiger partial charge in [-0.15, -0.1) is 11.3 Å². The van der Waals surface area contributed by atoms with Gasteiger partial charge in [-0.1, -0.05) is 24.3 Å². The Balaban J connectivity index is 1.52. The molecule has 0 N–H and O–H groups in total. The number of amides is 1. The van der Waals surface area contributed by atoms with Crippen LogP contribution >= 0.6 is 11.3 Å². The van der Waals surface area contributed by atoms with Gasteiger partial charge in [0, 0.05) is 24.6 Å². The Kier molecular flexibility index (Phi) is 7.49. The molecular formula is C27H27F3N2O3S. The summed E-state index contributed by atoms with van der Waals surface area (Å²) in [4.78, 5) is 32.5. The zero-order valence-electron chi connectivity index (χ0n) is 20.3. The molecule has 1 aromatic heterocycles. The van der Waals surface area contributed by atoms with E-state index in [0.717, 1.165) is 36.1 Å². The molecule has 0 aliphatic carbocycles. The van der Waals surface area contributed by atoms with Crippen molar-refractivity contribution in [1.82, 2.24) is 9.88 Å². The number of halogens is 3. The number of hydrogen-bond acceptors (Lipinski definition) is 5. The van der Waals surface area contributed by atoms with E-state index in [-0.39, 0.29) is 17.8 Å². The van der Waals surface area contributed by atoms with Crippen molar-refractivity contribution in [3.63, 3.8) is 0 Å². The maximum absolute atomic E-state index is 13.4. The molecule has 1 unspecified atom stereocenters. The van der Waals surface area contributed by atoms with E-state index in [4.69, 9.17) is 4.74 Å². The first-order valence-corrected chi connectivity index (χ1v) is 12.6. The Morgan fingerprint density at radius 2 is 1.86 bits per heavy atom. The van der Waals surface area contributed by atoms with Crippen LogP contribution < -0.4 is 0 Å². The Hall–Kier alpha value is -3.20. The number of esters is 1. The van der Waals surface area contributed by atoms with Gasteiger partial charge < -0.3 is 9.64 Å². The predicted octanol–water partition coefficient (Wildman–Crippen LogP) is 6.64. The molecule has 1 atom stereocenters. The molecule has 2 heterocycles. The van der Waals surface area contributed by atoms with Gasteiger partial charge >= 0.3 is 12.1 Å². The number of thiazole rings is 1. The lowest BCUT2D eigenvalue weighted by molar-refractivity contribution is -0.137. The topological polar surface area (TPSA) is 59.5 Å². The number of likely N-dealkylation sites (tertiary alicyclic amines) is 1. The molecule has 1 saturated heterocycles. The number of carbonyl (C=O) groups is 2. The second-order valence-corrected chi connectivity index (χ2v) is 9.89. The fourth-order valence-corrected chi connectivity index (χ4v) is 5.46. The summed E-state index contributed by atoms with van der Waals surface area (Å²) in [7, 11) is 0. The quantitative estimate of drug-likeness (QED) is 0.357. The molecule has 5 nitrogen and oxygen atoms in total. The van der Waals surface area contributed by atoms with Gasteiger partial charge in [0.1, 0.15) is 9.88 Å². The summed E-state index contributed by atoms with van der Waals surface area (Å²) in [6.45, 7) is 6.80. The number of aryl methyl sites for hydroxylation is 2. The van der Waals surface area contributed by atoms with E-state index in [9.17, 15) is 22.8 Å². The van der Waals surface area contributed by atoms with Crippen LogP contribution in [0.15, 0.2) is 42.5 Å². The van der Waals surface area contributed by atoms with Crippen LogP contribution in [0.3, 0.4) is 0 Å². The summed E-state index contributed by atoms with van der Waals surface area (Å²) >= 11 is 1.19. The molecule has 1 aliphatic heterocycles. The highest BCUT2D eigenvalue weighted by atomic mass is 32.1. The highest BCUT2D eigenvalue weighted by molar-refractivity contribution is 7.17. The molecule has 1 amide bonds. The van der Waals surface area contributed by atoms with Gasteiger partial charge in [0.25, 0.3) is 5.91 Å².